The van der Waals surface area contributed by atoms with Crippen molar-refractivity contribution < 1.29 is 6.53 Å². The summed E-state index contributed by atoms with van der Waals surface area (Å²) >= 11 is 0. The summed E-state index contributed by atoms with van der Waals surface area (Å²) in [6, 6.07) is 2.12. The molecule has 2 atom stereocenters. The molecule has 0 radical (unpaired) electrons. The van der Waals surface area contributed by atoms with Crippen LogP contribution in [0.2, 0.25) is 0 Å². The molecule has 0 fully saturated rings. The lowest BCUT2D eigenvalue weighted by Gasteiger charge is -2.21. The number of aliphatic hydroxyl groups is 1. The molecule has 128 valence electrons. The van der Waals surface area contributed by atoms with Crippen molar-refractivity contribution in [2.75, 3.05) is 6.61 Å². The Morgan fingerprint density at radius 1 is 1.52 bits per heavy atom. The van der Waals surface area contributed by atoms with Crippen LogP contribution in [0.5, 0.6) is 0 Å². The first-order valence-electron chi connectivity index (χ1n) is 8.42. The highest BCUT2D eigenvalue weighted by Gasteiger charge is 2.14. The molecule has 0 aromatic heterocycles. The van der Waals surface area contributed by atoms with Gasteiger partial charge in [-0.3, -0.25) is 0 Å². The monoisotopic (exact) mass is 316 g/mol. The molecule has 0 spiro atoms. The second kappa shape index (κ2) is 12.6. The average molecular weight is 316 g/mol. The summed E-state index contributed by atoms with van der Waals surface area (Å²) in [6.45, 7) is 12.2. The SMILES string of the molecule is C=C(NC(C)CO)C1=CCC(C)C(C#CCCCC#N)=C1.CC.[HH]. The number of nitriles is 1. The molecular formula is C20H32N2O. The van der Waals surface area contributed by atoms with Crippen LogP contribution < -0.4 is 5.32 Å². The Bertz CT molecular complexity index is 532. The summed E-state index contributed by atoms with van der Waals surface area (Å²) in [5.74, 6) is 6.79. The van der Waals surface area contributed by atoms with Crippen LogP contribution in [-0.2, 0) is 0 Å². The summed E-state index contributed by atoms with van der Waals surface area (Å²) in [6.07, 6.45) is 7.33. The van der Waals surface area contributed by atoms with Crippen LogP contribution in [0.1, 0.15) is 54.8 Å². The Hall–Kier alpha value is -1.97. The molecule has 0 aromatic rings. The maximum atomic E-state index is 9.08. The van der Waals surface area contributed by atoms with E-state index in [1.807, 2.05) is 20.8 Å². The normalized spacial score (nSPS) is 17.1. The van der Waals surface area contributed by atoms with E-state index in [-0.39, 0.29) is 14.1 Å². The first kappa shape index (κ1) is 21.0. The summed E-state index contributed by atoms with van der Waals surface area (Å²) in [5.41, 5.74) is 2.99. The molecule has 0 heterocycles. The van der Waals surface area contributed by atoms with Gasteiger partial charge in [0.25, 0.3) is 0 Å². The lowest BCUT2D eigenvalue weighted by atomic mass is 9.89. The second-order valence-corrected chi connectivity index (χ2v) is 5.42. The molecule has 2 unspecified atom stereocenters. The van der Waals surface area contributed by atoms with Crippen molar-refractivity contribution in [1.29, 1.82) is 5.26 Å². The van der Waals surface area contributed by atoms with Crippen molar-refractivity contribution in [2.45, 2.75) is 59.4 Å². The van der Waals surface area contributed by atoms with E-state index in [0.717, 1.165) is 36.1 Å². The number of aliphatic hydroxyl groups excluding tert-OH is 1. The predicted octanol–water partition coefficient (Wildman–Crippen LogP) is 4.33. The van der Waals surface area contributed by atoms with Crippen LogP contribution >= 0.6 is 0 Å². The molecule has 3 nitrogen and oxygen atoms in total. The van der Waals surface area contributed by atoms with Crippen LogP contribution in [0.3, 0.4) is 0 Å². The fraction of sp³-hybridized carbons (Fsp3) is 0.550. The number of hydrogen-bond acceptors (Lipinski definition) is 3. The first-order valence-corrected chi connectivity index (χ1v) is 8.42. The number of unbranched alkanes of at least 4 members (excludes halogenated alkanes) is 2. The molecule has 1 aliphatic carbocycles. The largest absolute Gasteiger partial charge is 0.394 e. The molecule has 0 amide bonds. The molecule has 2 N–H and O–H groups in total. The van der Waals surface area contributed by atoms with Crippen molar-refractivity contribution in [3.63, 3.8) is 0 Å². The van der Waals surface area contributed by atoms with Gasteiger partial charge in [-0.25, -0.2) is 0 Å². The minimum atomic E-state index is -0.00772. The smallest absolute Gasteiger partial charge is 0.0630 e. The van der Waals surface area contributed by atoms with Crippen LogP contribution in [-0.4, -0.2) is 17.8 Å². The molecule has 0 bridgehead atoms. The Morgan fingerprint density at radius 2 is 2.22 bits per heavy atom. The van der Waals surface area contributed by atoms with Crippen LogP contribution in [0, 0.1) is 29.1 Å². The molecule has 0 saturated heterocycles. The zero-order chi connectivity index (χ0) is 17.7. The lowest BCUT2D eigenvalue weighted by Crippen LogP contribution is -2.29. The maximum Gasteiger partial charge on any atom is 0.0630 e. The van der Waals surface area contributed by atoms with E-state index < -0.39 is 0 Å². The zero-order valence-electron chi connectivity index (χ0n) is 14.9. The van der Waals surface area contributed by atoms with E-state index in [1.54, 1.807) is 0 Å². The number of allylic oxidation sites excluding steroid dienone is 3. The van der Waals surface area contributed by atoms with Gasteiger partial charge < -0.3 is 10.4 Å². The Kier molecular flexibility index (Phi) is 11.5. The topological polar surface area (TPSA) is 56.0 Å². The molecule has 0 aromatic carbocycles. The highest BCUT2D eigenvalue weighted by atomic mass is 16.3. The third kappa shape index (κ3) is 8.29. The summed E-state index contributed by atoms with van der Waals surface area (Å²) in [5, 5.41) is 20.7. The minimum Gasteiger partial charge on any atom is -0.394 e. The number of nitrogens with one attached hydrogen (secondary N) is 1. The summed E-state index contributed by atoms with van der Waals surface area (Å²) in [7, 11) is 0. The van der Waals surface area contributed by atoms with Gasteiger partial charge in [-0.05, 0) is 37.3 Å². The zero-order valence-corrected chi connectivity index (χ0v) is 14.9. The first-order chi connectivity index (χ1) is 11.1. The molecule has 1 aliphatic rings. The third-order valence-corrected chi connectivity index (χ3v) is 3.40. The molecule has 0 aliphatic heterocycles. The molecular weight excluding hydrogens is 284 g/mol. The standard InChI is InChI=1S/C18H24N2O.C2H6.H2/c1-14-9-10-18(16(3)20-15(2)13-21)12-17(14)8-6-4-5-7-11-19;1-2;/h10,12,14-15,20-21H,3-5,7,9,13H2,1-2H3;1-2H3;1H. The maximum absolute atomic E-state index is 9.08. The molecule has 1 rings (SSSR count). The molecule has 3 heteroatoms. The summed E-state index contributed by atoms with van der Waals surface area (Å²) in [4.78, 5) is 0. The van der Waals surface area contributed by atoms with E-state index in [4.69, 9.17) is 10.4 Å². The van der Waals surface area contributed by atoms with Gasteiger partial charge in [0.1, 0.15) is 0 Å². The Morgan fingerprint density at radius 3 is 2.83 bits per heavy atom. The van der Waals surface area contributed by atoms with Crippen LogP contribution in [0.15, 0.2) is 35.6 Å². The van der Waals surface area contributed by atoms with Gasteiger partial charge in [-0.2, -0.15) is 5.26 Å². The van der Waals surface area contributed by atoms with Crippen molar-refractivity contribution in [3.05, 3.63) is 35.6 Å². The highest BCUT2D eigenvalue weighted by molar-refractivity contribution is 5.47. The van der Waals surface area contributed by atoms with E-state index in [0.29, 0.717) is 12.3 Å². The van der Waals surface area contributed by atoms with E-state index in [2.05, 4.69) is 48.9 Å². The van der Waals surface area contributed by atoms with Crippen molar-refractivity contribution >= 4 is 0 Å². The quantitative estimate of drug-likeness (QED) is 0.566. The van der Waals surface area contributed by atoms with E-state index in [1.165, 1.54) is 0 Å². The van der Waals surface area contributed by atoms with E-state index >= 15 is 0 Å². The lowest BCUT2D eigenvalue weighted by molar-refractivity contribution is 0.259. The van der Waals surface area contributed by atoms with Gasteiger partial charge in [0, 0.05) is 31.6 Å². The number of hydrogen-bond donors (Lipinski definition) is 2. The van der Waals surface area contributed by atoms with Crippen LogP contribution in [0.4, 0.5) is 0 Å². The fourth-order valence-electron chi connectivity index (χ4n) is 2.02. The van der Waals surface area contributed by atoms with Crippen molar-refractivity contribution in [2.24, 2.45) is 5.92 Å². The fourth-order valence-corrected chi connectivity index (χ4v) is 2.02. The minimum absolute atomic E-state index is 0. The van der Waals surface area contributed by atoms with Crippen molar-refractivity contribution in [3.8, 4) is 17.9 Å². The molecule has 23 heavy (non-hydrogen) atoms. The Balaban J connectivity index is 0. The van der Waals surface area contributed by atoms with Gasteiger partial charge in [-0.1, -0.05) is 45.3 Å². The Labute approximate surface area is 143 Å². The number of rotatable bonds is 6. The average Bonchev–Trinajstić information content (AvgIpc) is 2.57. The number of nitrogens with zero attached hydrogens (tertiary/aromatic N) is 1. The van der Waals surface area contributed by atoms with Gasteiger partial charge in [0.15, 0.2) is 0 Å². The van der Waals surface area contributed by atoms with Crippen LogP contribution in [0.25, 0.3) is 0 Å². The molecule has 0 saturated carbocycles. The highest BCUT2D eigenvalue weighted by Crippen LogP contribution is 2.25. The van der Waals surface area contributed by atoms with Gasteiger partial charge in [0.2, 0.25) is 0 Å². The van der Waals surface area contributed by atoms with Gasteiger partial charge in [0.05, 0.1) is 12.7 Å². The van der Waals surface area contributed by atoms with Gasteiger partial charge >= 0.3 is 0 Å². The van der Waals surface area contributed by atoms with E-state index in [9.17, 15) is 0 Å². The van der Waals surface area contributed by atoms with Gasteiger partial charge in [-0.15, -0.1) is 0 Å². The summed E-state index contributed by atoms with van der Waals surface area (Å²) < 4.78 is 0. The third-order valence-electron chi connectivity index (χ3n) is 3.40. The van der Waals surface area contributed by atoms with Crippen molar-refractivity contribution in [1.82, 2.24) is 5.32 Å². The predicted molar refractivity (Wildman–Crippen MR) is 99.5 cm³/mol. The second-order valence-electron chi connectivity index (χ2n) is 5.42.